The van der Waals surface area contributed by atoms with Gasteiger partial charge in [-0.15, -0.1) is 0 Å². The van der Waals surface area contributed by atoms with Crippen molar-refractivity contribution in [3.63, 3.8) is 0 Å². The molecule has 1 amide bonds. The summed E-state index contributed by atoms with van der Waals surface area (Å²) in [5, 5.41) is 0. The molecule has 2 aromatic rings. The number of amides is 1. The van der Waals surface area contributed by atoms with Crippen LogP contribution in [0.2, 0.25) is 0 Å². The maximum atomic E-state index is 12.2. The molecule has 0 unspecified atom stereocenters. The van der Waals surface area contributed by atoms with Gasteiger partial charge in [-0.2, -0.15) is 0 Å². The fourth-order valence-corrected chi connectivity index (χ4v) is 2.45. The van der Waals surface area contributed by atoms with Gasteiger partial charge >= 0.3 is 0 Å². The van der Waals surface area contributed by atoms with Gasteiger partial charge in [0, 0.05) is 26.4 Å². The topological polar surface area (TPSA) is 66.1 Å². The predicted molar refractivity (Wildman–Crippen MR) is 87.8 cm³/mol. The third kappa shape index (κ3) is 4.16. The second kappa shape index (κ2) is 6.30. The number of nitrogens with zero attached hydrogens (tertiary/aromatic N) is 2. The van der Waals surface area contributed by atoms with Crippen molar-refractivity contribution in [2.75, 3.05) is 13.6 Å². The number of nitrogens with one attached hydrogen (secondary N) is 1. The normalized spacial score (nSPS) is 11.6. The molecule has 0 atom stereocenters. The van der Waals surface area contributed by atoms with Crippen LogP contribution in [0.15, 0.2) is 29.1 Å². The number of hydrogen-bond donors (Lipinski definition) is 1. The standard InChI is InChI=1S/C17H23N3O2/c1-17(2,3)11-20(4)15(21)10-9-14-16(22)19-13-8-6-5-7-12(13)18-14/h5-8H,9-11H2,1-4H3,(H,19,22). The van der Waals surface area contributed by atoms with Gasteiger partial charge in [0.1, 0.15) is 5.69 Å². The Balaban J connectivity index is 2.07. The maximum absolute atomic E-state index is 12.2. The van der Waals surface area contributed by atoms with Crippen LogP contribution in [0.25, 0.3) is 11.0 Å². The molecule has 0 aliphatic heterocycles. The number of aryl methyl sites for hydroxylation is 1. The first kappa shape index (κ1) is 16.2. The fourth-order valence-electron chi connectivity index (χ4n) is 2.45. The lowest BCUT2D eigenvalue weighted by Crippen LogP contribution is -2.34. The largest absolute Gasteiger partial charge is 0.345 e. The van der Waals surface area contributed by atoms with Gasteiger partial charge in [0.25, 0.3) is 5.56 Å². The van der Waals surface area contributed by atoms with Crippen LogP contribution in [0.5, 0.6) is 0 Å². The van der Waals surface area contributed by atoms with Gasteiger partial charge in [0.15, 0.2) is 0 Å². The quantitative estimate of drug-likeness (QED) is 0.942. The lowest BCUT2D eigenvalue weighted by molar-refractivity contribution is -0.131. The molecule has 1 heterocycles. The molecule has 118 valence electrons. The first-order valence-corrected chi connectivity index (χ1v) is 7.48. The van der Waals surface area contributed by atoms with Crippen LogP contribution < -0.4 is 5.56 Å². The van der Waals surface area contributed by atoms with Crippen LogP contribution in [0.4, 0.5) is 0 Å². The first-order valence-electron chi connectivity index (χ1n) is 7.48. The van der Waals surface area contributed by atoms with Crippen LogP contribution in [-0.4, -0.2) is 34.4 Å². The molecular weight excluding hydrogens is 278 g/mol. The Morgan fingerprint density at radius 3 is 2.64 bits per heavy atom. The van der Waals surface area contributed by atoms with E-state index in [4.69, 9.17) is 0 Å². The van der Waals surface area contributed by atoms with E-state index in [1.807, 2.05) is 24.3 Å². The van der Waals surface area contributed by atoms with E-state index in [1.165, 1.54) is 0 Å². The highest BCUT2D eigenvalue weighted by atomic mass is 16.2. The number of aromatic amines is 1. The second-order valence-electron chi connectivity index (χ2n) is 6.84. The molecule has 0 aliphatic carbocycles. The summed E-state index contributed by atoms with van der Waals surface area (Å²) >= 11 is 0. The summed E-state index contributed by atoms with van der Waals surface area (Å²) in [4.78, 5) is 33.0. The number of carbonyl (C=O) groups is 1. The van der Waals surface area contributed by atoms with Crippen molar-refractivity contribution in [2.45, 2.75) is 33.6 Å². The molecule has 5 heteroatoms. The minimum Gasteiger partial charge on any atom is -0.345 e. The van der Waals surface area contributed by atoms with Crippen molar-refractivity contribution in [1.29, 1.82) is 0 Å². The molecule has 22 heavy (non-hydrogen) atoms. The third-order valence-corrected chi connectivity index (χ3v) is 3.38. The van der Waals surface area contributed by atoms with Crippen LogP contribution in [-0.2, 0) is 11.2 Å². The molecule has 0 bridgehead atoms. The van der Waals surface area contributed by atoms with Gasteiger partial charge in [-0.3, -0.25) is 9.59 Å². The van der Waals surface area contributed by atoms with E-state index in [-0.39, 0.29) is 16.9 Å². The molecule has 1 aromatic carbocycles. The Hall–Kier alpha value is -2.17. The van der Waals surface area contributed by atoms with E-state index in [0.29, 0.717) is 30.6 Å². The van der Waals surface area contributed by atoms with Gasteiger partial charge in [0.2, 0.25) is 5.91 Å². The van der Waals surface area contributed by atoms with Gasteiger partial charge < -0.3 is 9.88 Å². The number of H-pyrrole nitrogens is 1. The highest BCUT2D eigenvalue weighted by Crippen LogP contribution is 2.15. The molecule has 0 saturated heterocycles. The summed E-state index contributed by atoms with van der Waals surface area (Å²) in [6.07, 6.45) is 0.647. The number of rotatable bonds is 4. The summed E-state index contributed by atoms with van der Waals surface area (Å²) in [5.74, 6) is 0.0317. The van der Waals surface area contributed by atoms with Gasteiger partial charge in [0.05, 0.1) is 11.0 Å². The molecule has 0 aliphatic rings. The van der Waals surface area contributed by atoms with E-state index in [1.54, 1.807) is 11.9 Å². The average Bonchev–Trinajstić information content (AvgIpc) is 2.42. The van der Waals surface area contributed by atoms with Gasteiger partial charge in [-0.25, -0.2) is 4.98 Å². The van der Waals surface area contributed by atoms with Crippen molar-refractivity contribution in [3.05, 3.63) is 40.3 Å². The Labute approximate surface area is 130 Å². The molecule has 0 saturated carbocycles. The molecule has 0 fully saturated rings. The van der Waals surface area contributed by atoms with E-state index < -0.39 is 0 Å². The second-order valence-corrected chi connectivity index (χ2v) is 6.84. The number of aromatic nitrogens is 2. The molecule has 1 N–H and O–H groups in total. The Morgan fingerprint density at radius 1 is 1.27 bits per heavy atom. The highest BCUT2D eigenvalue weighted by molar-refractivity contribution is 5.76. The lowest BCUT2D eigenvalue weighted by Gasteiger charge is -2.26. The molecule has 0 radical (unpaired) electrons. The zero-order chi connectivity index (χ0) is 16.3. The monoisotopic (exact) mass is 301 g/mol. The molecular formula is C17H23N3O2. The maximum Gasteiger partial charge on any atom is 0.270 e. The number of benzene rings is 1. The summed E-state index contributed by atoms with van der Waals surface area (Å²) in [6.45, 7) is 6.96. The SMILES string of the molecule is CN(CC(C)(C)C)C(=O)CCc1nc2ccccc2[nH]c1=O. The smallest absolute Gasteiger partial charge is 0.270 e. The fraction of sp³-hybridized carbons (Fsp3) is 0.471. The van der Waals surface area contributed by atoms with Crippen molar-refractivity contribution in [2.24, 2.45) is 5.41 Å². The zero-order valence-electron chi connectivity index (χ0n) is 13.6. The van der Waals surface area contributed by atoms with E-state index >= 15 is 0 Å². The van der Waals surface area contributed by atoms with Crippen LogP contribution in [0.3, 0.4) is 0 Å². The van der Waals surface area contributed by atoms with E-state index in [9.17, 15) is 9.59 Å². The minimum atomic E-state index is -0.218. The van der Waals surface area contributed by atoms with Crippen molar-refractivity contribution >= 4 is 16.9 Å². The molecule has 1 aromatic heterocycles. The Bertz CT molecular complexity index is 728. The van der Waals surface area contributed by atoms with E-state index in [2.05, 4.69) is 30.7 Å². The first-order chi connectivity index (χ1) is 10.3. The average molecular weight is 301 g/mol. The molecule has 2 rings (SSSR count). The number of fused-ring (bicyclic) bond motifs is 1. The highest BCUT2D eigenvalue weighted by Gasteiger charge is 2.18. The lowest BCUT2D eigenvalue weighted by atomic mass is 9.96. The van der Waals surface area contributed by atoms with Crippen molar-refractivity contribution < 1.29 is 4.79 Å². The summed E-state index contributed by atoms with van der Waals surface area (Å²) in [5.41, 5.74) is 1.71. The zero-order valence-corrected chi connectivity index (χ0v) is 13.6. The van der Waals surface area contributed by atoms with Crippen molar-refractivity contribution in [1.82, 2.24) is 14.9 Å². The number of para-hydroxylation sites is 2. The third-order valence-electron chi connectivity index (χ3n) is 3.38. The number of carbonyl (C=O) groups excluding carboxylic acids is 1. The minimum absolute atomic E-state index is 0.0317. The molecule has 0 spiro atoms. The van der Waals surface area contributed by atoms with E-state index in [0.717, 1.165) is 5.52 Å². The predicted octanol–water partition coefficient (Wildman–Crippen LogP) is 2.36. The summed E-state index contributed by atoms with van der Waals surface area (Å²) in [7, 11) is 1.80. The molecule has 5 nitrogen and oxygen atoms in total. The van der Waals surface area contributed by atoms with Crippen LogP contribution >= 0.6 is 0 Å². The van der Waals surface area contributed by atoms with Gasteiger partial charge in [-0.1, -0.05) is 32.9 Å². The summed E-state index contributed by atoms with van der Waals surface area (Å²) < 4.78 is 0. The van der Waals surface area contributed by atoms with Crippen LogP contribution in [0, 0.1) is 5.41 Å². The van der Waals surface area contributed by atoms with Crippen molar-refractivity contribution in [3.8, 4) is 0 Å². The number of hydrogen-bond acceptors (Lipinski definition) is 3. The summed E-state index contributed by atoms with van der Waals surface area (Å²) in [6, 6.07) is 7.39. The van der Waals surface area contributed by atoms with Gasteiger partial charge in [-0.05, 0) is 17.5 Å². The Kier molecular flexibility index (Phi) is 4.64. The Morgan fingerprint density at radius 2 is 1.95 bits per heavy atom. The van der Waals surface area contributed by atoms with Crippen LogP contribution in [0.1, 0.15) is 32.9 Å².